The highest BCUT2D eigenvalue weighted by atomic mass is 19.1. The topological polar surface area (TPSA) is 35.5 Å². The minimum Gasteiger partial charge on any atom is -0.394 e. The molecule has 2 heterocycles. The standard InChI is InChI=1S/C14H19FN2O/c15-11-3-5-12(6-4-11)16-14(10-18)7-9-17-8-1-2-13(14)17/h3-6,13,16,18H,1-2,7-10H2. The maximum Gasteiger partial charge on any atom is 0.123 e. The minimum absolute atomic E-state index is 0.130. The number of aliphatic hydroxyl groups is 1. The van der Waals surface area contributed by atoms with E-state index in [9.17, 15) is 9.50 Å². The number of benzene rings is 1. The molecule has 1 aromatic carbocycles. The molecule has 0 radical (unpaired) electrons. The minimum atomic E-state index is -0.256. The van der Waals surface area contributed by atoms with Crippen molar-refractivity contribution in [3.8, 4) is 0 Å². The molecule has 0 saturated carbocycles. The third-order valence-electron chi connectivity index (χ3n) is 4.37. The van der Waals surface area contributed by atoms with Gasteiger partial charge in [0.05, 0.1) is 12.1 Å². The Balaban J connectivity index is 1.82. The zero-order valence-corrected chi connectivity index (χ0v) is 10.4. The first kappa shape index (κ1) is 11.9. The van der Waals surface area contributed by atoms with Crippen molar-refractivity contribution in [1.29, 1.82) is 0 Å². The fraction of sp³-hybridized carbons (Fsp3) is 0.571. The number of nitrogens with one attached hydrogen (secondary N) is 1. The molecule has 3 rings (SSSR count). The molecule has 2 atom stereocenters. The summed E-state index contributed by atoms with van der Waals surface area (Å²) < 4.78 is 12.9. The van der Waals surface area contributed by atoms with Crippen LogP contribution in [0, 0.1) is 5.82 Å². The predicted molar refractivity (Wildman–Crippen MR) is 69.1 cm³/mol. The largest absolute Gasteiger partial charge is 0.394 e. The lowest BCUT2D eigenvalue weighted by Gasteiger charge is -2.35. The van der Waals surface area contributed by atoms with Gasteiger partial charge in [0.1, 0.15) is 5.82 Å². The average Bonchev–Trinajstić information content (AvgIpc) is 2.96. The Morgan fingerprint density at radius 2 is 2.11 bits per heavy atom. The van der Waals surface area contributed by atoms with Gasteiger partial charge in [-0.3, -0.25) is 4.90 Å². The van der Waals surface area contributed by atoms with E-state index in [2.05, 4.69) is 10.2 Å². The fourth-order valence-electron chi connectivity index (χ4n) is 3.42. The highest BCUT2D eigenvalue weighted by Crippen LogP contribution is 2.38. The number of anilines is 1. The van der Waals surface area contributed by atoms with Crippen LogP contribution in [0.1, 0.15) is 19.3 Å². The molecule has 3 nitrogen and oxygen atoms in total. The van der Waals surface area contributed by atoms with Gasteiger partial charge in [-0.15, -0.1) is 0 Å². The van der Waals surface area contributed by atoms with Crippen molar-refractivity contribution >= 4 is 5.69 Å². The van der Waals surface area contributed by atoms with Crippen LogP contribution < -0.4 is 5.32 Å². The van der Waals surface area contributed by atoms with Crippen LogP contribution >= 0.6 is 0 Å². The van der Waals surface area contributed by atoms with Crippen LogP contribution in [0.2, 0.25) is 0 Å². The molecule has 2 fully saturated rings. The molecule has 2 aliphatic rings. The van der Waals surface area contributed by atoms with E-state index < -0.39 is 0 Å². The Hall–Kier alpha value is -1.13. The monoisotopic (exact) mass is 250 g/mol. The number of hydrogen-bond donors (Lipinski definition) is 2. The van der Waals surface area contributed by atoms with Crippen LogP contribution in [0.15, 0.2) is 24.3 Å². The maximum atomic E-state index is 12.9. The van der Waals surface area contributed by atoms with E-state index in [1.165, 1.54) is 18.6 Å². The van der Waals surface area contributed by atoms with E-state index in [0.717, 1.165) is 31.6 Å². The molecule has 2 saturated heterocycles. The third kappa shape index (κ3) is 1.89. The van der Waals surface area contributed by atoms with Crippen LogP contribution in [-0.2, 0) is 0 Å². The number of aliphatic hydroxyl groups excluding tert-OH is 1. The number of fused-ring (bicyclic) bond motifs is 1. The Morgan fingerprint density at radius 1 is 1.33 bits per heavy atom. The van der Waals surface area contributed by atoms with Crippen molar-refractivity contribution in [1.82, 2.24) is 4.90 Å². The van der Waals surface area contributed by atoms with Gasteiger partial charge < -0.3 is 10.4 Å². The molecule has 2 N–H and O–H groups in total. The highest BCUT2D eigenvalue weighted by molar-refractivity contribution is 5.47. The van der Waals surface area contributed by atoms with Crippen molar-refractivity contribution in [3.63, 3.8) is 0 Å². The quantitative estimate of drug-likeness (QED) is 0.859. The normalized spacial score (nSPS) is 31.6. The fourth-order valence-corrected chi connectivity index (χ4v) is 3.42. The first-order valence-electron chi connectivity index (χ1n) is 6.62. The predicted octanol–water partition coefficient (Wildman–Crippen LogP) is 1.84. The summed E-state index contributed by atoms with van der Waals surface area (Å²) in [5.74, 6) is -0.229. The van der Waals surface area contributed by atoms with Crippen molar-refractivity contribution in [2.75, 3.05) is 25.0 Å². The van der Waals surface area contributed by atoms with Crippen molar-refractivity contribution in [2.45, 2.75) is 30.8 Å². The van der Waals surface area contributed by atoms with Gasteiger partial charge in [0.15, 0.2) is 0 Å². The Labute approximate surface area is 107 Å². The van der Waals surface area contributed by atoms with E-state index in [-0.39, 0.29) is 18.0 Å². The molecular formula is C14H19FN2O. The summed E-state index contributed by atoms with van der Waals surface area (Å²) in [6, 6.07) is 6.80. The van der Waals surface area contributed by atoms with Gasteiger partial charge in [-0.2, -0.15) is 0 Å². The Bertz CT molecular complexity index is 422. The molecular weight excluding hydrogens is 231 g/mol. The summed E-state index contributed by atoms with van der Waals surface area (Å²) in [5.41, 5.74) is 0.633. The van der Waals surface area contributed by atoms with Gasteiger partial charge in [-0.05, 0) is 50.1 Å². The molecule has 98 valence electrons. The van der Waals surface area contributed by atoms with Gasteiger partial charge in [-0.1, -0.05) is 0 Å². The SMILES string of the molecule is OCC1(Nc2ccc(F)cc2)CCN2CCCC21. The second-order valence-corrected chi connectivity index (χ2v) is 5.39. The first-order chi connectivity index (χ1) is 8.73. The van der Waals surface area contributed by atoms with Crippen molar-refractivity contribution in [3.05, 3.63) is 30.1 Å². The molecule has 2 aliphatic heterocycles. The summed E-state index contributed by atoms with van der Waals surface area (Å²) in [5, 5.41) is 13.3. The van der Waals surface area contributed by atoms with Gasteiger partial charge >= 0.3 is 0 Å². The summed E-state index contributed by atoms with van der Waals surface area (Å²) in [7, 11) is 0. The molecule has 2 unspecified atom stereocenters. The van der Waals surface area contributed by atoms with E-state index in [1.807, 2.05) is 0 Å². The van der Waals surface area contributed by atoms with Crippen LogP contribution in [0.25, 0.3) is 0 Å². The van der Waals surface area contributed by atoms with Gasteiger partial charge in [0.2, 0.25) is 0 Å². The lowest BCUT2D eigenvalue weighted by Crippen LogP contribution is -2.50. The molecule has 0 amide bonds. The van der Waals surface area contributed by atoms with Gasteiger partial charge in [0.25, 0.3) is 0 Å². The smallest absolute Gasteiger partial charge is 0.123 e. The molecule has 1 aromatic rings. The maximum absolute atomic E-state index is 12.9. The van der Waals surface area contributed by atoms with E-state index in [4.69, 9.17) is 0 Å². The molecule has 0 bridgehead atoms. The number of hydrogen-bond acceptors (Lipinski definition) is 3. The van der Waals surface area contributed by atoms with Gasteiger partial charge in [0, 0.05) is 18.3 Å². The van der Waals surface area contributed by atoms with Gasteiger partial charge in [-0.25, -0.2) is 4.39 Å². The number of halogens is 1. The molecule has 4 heteroatoms. The number of nitrogens with zero attached hydrogens (tertiary/aromatic N) is 1. The van der Waals surface area contributed by atoms with Crippen LogP contribution in [-0.4, -0.2) is 41.3 Å². The summed E-state index contributed by atoms with van der Waals surface area (Å²) in [4.78, 5) is 2.45. The highest BCUT2D eigenvalue weighted by Gasteiger charge is 2.48. The van der Waals surface area contributed by atoms with E-state index in [1.54, 1.807) is 12.1 Å². The molecule has 0 aromatic heterocycles. The Morgan fingerprint density at radius 3 is 2.83 bits per heavy atom. The first-order valence-corrected chi connectivity index (χ1v) is 6.62. The van der Waals surface area contributed by atoms with Crippen LogP contribution in [0.3, 0.4) is 0 Å². The molecule has 0 spiro atoms. The lowest BCUT2D eigenvalue weighted by atomic mass is 9.89. The summed E-state index contributed by atoms with van der Waals surface area (Å²) in [6.45, 7) is 2.31. The second-order valence-electron chi connectivity index (χ2n) is 5.39. The average molecular weight is 250 g/mol. The number of rotatable bonds is 3. The van der Waals surface area contributed by atoms with Crippen molar-refractivity contribution in [2.24, 2.45) is 0 Å². The zero-order chi connectivity index (χ0) is 12.6. The van der Waals surface area contributed by atoms with E-state index >= 15 is 0 Å². The summed E-state index contributed by atoms with van der Waals surface area (Å²) >= 11 is 0. The third-order valence-corrected chi connectivity index (χ3v) is 4.37. The lowest BCUT2D eigenvalue weighted by molar-refractivity contribution is 0.175. The van der Waals surface area contributed by atoms with Crippen molar-refractivity contribution < 1.29 is 9.50 Å². The Kier molecular flexibility index (Phi) is 2.99. The van der Waals surface area contributed by atoms with Crippen LogP contribution in [0.4, 0.5) is 10.1 Å². The summed E-state index contributed by atoms with van der Waals surface area (Å²) in [6.07, 6.45) is 3.29. The second kappa shape index (κ2) is 4.52. The van der Waals surface area contributed by atoms with E-state index in [0.29, 0.717) is 6.04 Å². The molecule has 0 aliphatic carbocycles. The van der Waals surface area contributed by atoms with Crippen LogP contribution in [0.5, 0.6) is 0 Å². The zero-order valence-electron chi connectivity index (χ0n) is 10.4. The molecule has 18 heavy (non-hydrogen) atoms.